The number of carbonyl (C=O) groups excluding carboxylic acids is 2. The Morgan fingerprint density at radius 2 is 1.84 bits per heavy atom. The first-order valence-electron chi connectivity index (χ1n) is 10.6. The average molecular weight is 438 g/mol. The number of non-ortho nitro benzene ring substituents is 1. The van der Waals surface area contributed by atoms with Gasteiger partial charge in [0.25, 0.3) is 17.4 Å². The van der Waals surface area contributed by atoms with Crippen LogP contribution in [-0.4, -0.2) is 39.8 Å². The lowest BCUT2D eigenvalue weighted by Gasteiger charge is -2.25. The van der Waals surface area contributed by atoms with Gasteiger partial charge in [-0.15, -0.1) is 0 Å². The summed E-state index contributed by atoms with van der Waals surface area (Å²) < 4.78 is 5.58. The van der Waals surface area contributed by atoms with Crippen LogP contribution in [0.5, 0.6) is 5.75 Å². The number of rotatable bonds is 9. The van der Waals surface area contributed by atoms with E-state index in [-0.39, 0.29) is 22.6 Å². The fourth-order valence-corrected chi connectivity index (χ4v) is 3.83. The topological polar surface area (TPSA) is 110 Å². The molecule has 8 heteroatoms. The van der Waals surface area contributed by atoms with Gasteiger partial charge in [0.2, 0.25) is 0 Å². The van der Waals surface area contributed by atoms with Crippen LogP contribution in [0.25, 0.3) is 5.76 Å². The summed E-state index contributed by atoms with van der Waals surface area (Å²) in [6.07, 6.45) is 2.58. The van der Waals surface area contributed by atoms with Gasteiger partial charge in [-0.05, 0) is 43.2 Å². The van der Waals surface area contributed by atoms with E-state index in [0.29, 0.717) is 24.5 Å². The van der Waals surface area contributed by atoms with Crippen LogP contribution >= 0.6 is 0 Å². The lowest BCUT2D eigenvalue weighted by atomic mass is 9.95. The second kappa shape index (κ2) is 10.1. The lowest BCUT2D eigenvalue weighted by Crippen LogP contribution is -2.30. The molecule has 0 spiro atoms. The molecule has 1 amide bonds. The maximum absolute atomic E-state index is 13.0. The number of nitro groups is 1. The molecule has 8 nitrogen and oxygen atoms in total. The van der Waals surface area contributed by atoms with Crippen LogP contribution in [0.1, 0.15) is 50.3 Å². The largest absolute Gasteiger partial charge is 0.507 e. The van der Waals surface area contributed by atoms with Crippen molar-refractivity contribution in [2.24, 2.45) is 0 Å². The number of likely N-dealkylation sites (tertiary alicyclic amines) is 1. The second-order valence-electron chi connectivity index (χ2n) is 7.51. The summed E-state index contributed by atoms with van der Waals surface area (Å²) in [5.41, 5.74) is 0.708. The summed E-state index contributed by atoms with van der Waals surface area (Å²) in [5, 5.41) is 21.9. The number of nitro benzene ring substituents is 1. The van der Waals surface area contributed by atoms with Gasteiger partial charge in [-0.25, -0.2) is 0 Å². The van der Waals surface area contributed by atoms with E-state index in [4.69, 9.17) is 4.74 Å². The molecule has 1 heterocycles. The molecule has 1 aliphatic heterocycles. The van der Waals surface area contributed by atoms with E-state index < -0.39 is 22.7 Å². The summed E-state index contributed by atoms with van der Waals surface area (Å²) in [4.78, 5) is 37.8. The smallest absolute Gasteiger partial charge is 0.295 e. The minimum absolute atomic E-state index is 0.0333. The first-order valence-corrected chi connectivity index (χ1v) is 10.6. The van der Waals surface area contributed by atoms with Crippen molar-refractivity contribution in [3.8, 4) is 5.75 Å². The molecule has 0 bridgehead atoms. The molecule has 1 aliphatic rings. The predicted molar refractivity (Wildman–Crippen MR) is 119 cm³/mol. The minimum atomic E-state index is -0.776. The minimum Gasteiger partial charge on any atom is -0.507 e. The van der Waals surface area contributed by atoms with Crippen LogP contribution in [0.4, 0.5) is 5.69 Å². The fraction of sp³-hybridized carbons (Fsp3) is 0.333. The molecule has 1 saturated heterocycles. The summed E-state index contributed by atoms with van der Waals surface area (Å²) in [5.74, 6) is -1.21. The third-order valence-electron chi connectivity index (χ3n) is 5.38. The van der Waals surface area contributed by atoms with Gasteiger partial charge in [0.1, 0.15) is 11.5 Å². The molecule has 168 valence electrons. The Labute approximate surface area is 186 Å². The van der Waals surface area contributed by atoms with Crippen molar-refractivity contribution >= 4 is 23.1 Å². The fourth-order valence-electron chi connectivity index (χ4n) is 3.83. The number of hydrogen-bond donors (Lipinski definition) is 1. The lowest BCUT2D eigenvalue weighted by molar-refractivity contribution is -0.384. The molecule has 1 fully saturated rings. The highest BCUT2D eigenvalue weighted by molar-refractivity contribution is 6.46. The molecule has 0 aliphatic carbocycles. The number of carbonyl (C=O) groups is 2. The van der Waals surface area contributed by atoms with Crippen LogP contribution in [0.15, 0.2) is 54.1 Å². The van der Waals surface area contributed by atoms with Crippen LogP contribution in [0.2, 0.25) is 0 Å². The molecule has 1 atom stereocenters. The number of Topliss-reactive ketones (excluding diaryl/α,β-unsaturated/α-hetero) is 1. The van der Waals surface area contributed by atoms with E-state index in [9.17, 15) is 24.8 Å². The number of unbranched alkanes of at least 4 members (excludes halogenated alkanes) is 2. The second-order valence-corrected chi connectivity index (χ2v) is 7.51. The van der Waals surface area contributed by atoms with Crippen molar-refractivity contribution in [3.63, 3.8) is 0 Å². The molecule has 32 heavy (non-hydrogen) atoms. The van der Waals surface area contributed by atoms with Gasteiger partial charge in [-0.3, -0.25) is 19.7 Å². The van der Waals surface area contributed by atoms with E-state index in [0.717, 1.165) is 19.3 Å². The Hall–Kier alpha value is -3.68. The van der Waals surface area contributed by atoms with Gasteiger partial charge >= 0.3 is 0 Å². The van der Waals surface area contributed by atoms with Gasteiger partial charge < -0.3 is 14.7 Å². The number of aliphatic hydroxyl groups is 1. The molecule has 3 rings (SSSR count). The van der Waals surface area contributed by atoms with Crippen molar-refractivity contribution in [3.05, 3.63) is 75.3 Å². The number of ketones is 1. The molecule has 2 aromatic carbocycles. The van der Waals surface area contributed by atoms with Crippen LogP contribution in [-0.2, 0) is 9.59 Å². The molecular formula is C24H26N2O6. The normalized spacial score (nSPS) is 17.6. The maximum Gasteiger partial charge on any atom is 0.295 e. The highest BCUT2D eigenvalue weighted by Crippen LogP contribution is 2.40. The van der Waals surface area contributed by atoms with E-state index in [1.807, 2.05) is 13.8 Å². The highest BCUT2D eigenvalue weighted by Gasteiger charge is 2.45. The van der Waals surface area contributed by atoms with Crippen molar-refractivity contribution in [2.45, 2.75) is 39.2 Å². The molecular weight excluding hydrogens is 412 g/mol. The Balaban J connectivity index is 2.11. The first-order chi connectivity index (χ1) is 15.4. The number of ether oxygens (including phenoxy) is 1. The quantitative estimate of drug-likeness (QED) is 0.153. The summed E-state index contributed by atoms with van der Waals surface area (Å²) >= 11 is 0. The summed E-state index contributed by atoms with van der Waals surface area (Å²) in [6, 6.07) is 11.6. The van der Waals surface area contributed by atoms with Crippen LogP contribution < -0.4 is 4.74 Å². The average Bonchev–Trinajstić information content (AvgIpc) is 3.04. The standard InChI is InChI=1S/C24H26N2O6/c1-3-5-6-14-25-21(17-8-7-9-19(15-17)32-4-2)20(23(28)24(25)29)22(27)16-10-12-18(13-11-16)26(30)31/h7-13,15,21,27H,3-6,14H2,1-2H3/b22-20+. The Morgan fingerprint density at radius 1 is 1.12 bits per heavy atom. The molecule has 1 unspecified atom stereocenters. The molecule has 0 radical (unpaired) electrons. The van der Waals surface area contributed by atoms with Gasteiger partial charge in [-0.1, -0.05) is 31.9 Å². The number of benzene rings is 2. The van der Waals surface area contributed by atoms with Crippen molar-refractivity contribution < 1.29 is 24.4 Å². The third-order valence-corrected chi connectivity index (χ3v) is 5.38. The van der Waals surface area contributed by atoms with Crippen molar-refractivity contribution in [2.75, 3.05) is 13.2 Å². The molecule has 0 aromatic heterocycles. The van der Waals surface area contributed by atoms with E-state index in [1.54, 1.807) is 24.3 Å². The van der Waals surface area contributed by atoms with Gasteiger partial charge in [0.15, 0.2) is 0 Å². The highest BCUT2D eigenvalue weighted by atomic mass is 16.6. The number of nitrogens with zero attached hydrogens (tertiary/aromatic N) is 2. The first kappa shape index (κ1) is 23.0. The number of amides is 1. The van der Waals surface area contributed by atoms with Gasteiger partial charge in [0, 0.05) is 24.2 Å². The SMILES string of the molecule is CCCCCN1C(=O)C(=O)/C(=C(/O)c2ccc([N+](=O)[O-])cc2)C1c1cccc(OCC)c1. The Morgan fingerprint density at radius 3 is 2.47 bits per heavy atom. The summed E-state index contributed by atoms with van der Waals surface area (Å²) in [7, 11) is 0. The monoisotopic (exact) mass is 438 g/mol. The Bertz CT molecular complexity index is 1040. The number of aliphatic hydroxyl groups excluding tert-OH is 1. The van der Waals surface area contributed by atoms with E-state index in [2.05, 4.69) is 0 Å². The van der Waals surface area contributed by atoms with Gasteiger partial charge in [0.05, 0.1) is 23.1 Å². The van der Waals surface area contributed by atoms with Gasteiger partial charge in [-0.2, -0.15) is 0 Å². The zero-order valence-electron chi connectivity index (χ0n) is 18.1. The van der Waals surface area contributed by atoms with E-state index >= 15 is 0 Å². The maximum atomic E-state index is 13.0. The molecule has 0 saturated carbocycles. The zero-order chi connectivity index (χ0) is 23.3. The van der Waals surface area contributed by atoms with Crippen molar-refractivity contribution in [1.82, 2.24) is 4.90 Å². The third kappa shape index (κ3) is 4.64. The summed E-state index contributed by atoms with van der Waals surface area (Å²) in [6.45, 7) is 4.74. The Kier molecular flexibility index (Phi) is 7.25. The van der Waals surface area contributed by atoms with Crippen molar-refractivity contribution in [1.29, 1.82) is 0 Å². The van der Waals surface area contributed by atoms with E-state index in [1.165, 1.54) is 29.2 Å². The predicted octanol–water partition coefficient (Wildman–Crippen LogP) is 4.61. The zero-order valence-corrected chi connectivity index (χ0v) is 18.1. The van der Waals surface area contributed by atoms with Crippen LogP contribution in [0.3, 0.4) is 0 Å². The molecule has 1 N–H and O–H groups in total. The molecule has 2 aromatic rings. The van der Waals surface area contributed by atoms with Crippen LogP contribution in [0, 0.1) is 10.1 Å². The number of hydrogen-bond acceptors (Lipinski definition) is 6.